The molecule has 0 heterocycles. The van der Waals surface area contributed by atoms with Crippen molar-refractivity contribution in [2.45, 2.75) is 89.9 Å². The lowest BCUT2D eigenvalue weighted by Gasteiger charge is -2.38. The minimum Gasteiger partial charge on any atom is -0.463 e. The van der Waals surface area contributed by atoms with Crippen LogP contribution < -0.4 is 0 Å². The van der Waals surface area contributed by atoms with Gasteiger partial charge in [-0.1, -0.05) is 51.7 Å². The average molecular weight is 419 g/mol. The second kappa shape index (κ2) is 14.4. The Hall–Kier alpha value is -1.58. The summed E-state index contributed by atoms with van der Waals surface area (Å²) in [6.45, 7) is 7.90. The fraction of sp³-hybridized carbons (Fsp3) is 0.769. The Morgan fingerprint density at radius 2 is 1.00 bits per heavy atom. The molecule has 0 radical (unpaired) electrons. The van der Waals surface area contributed by atoms with Crippen LogP contribution >= 0.6 is 0 Å². The molecule has 0 amide bonds. The third-order valence-electron chi connectivity index (χ3n) is 7.28. The molecule has 0 atom stereocenters. The summed E-state index contributed by atoms with van der Waals surface area (Å²) >= 11 is 0. The maximum Gasteiger partial charge on any atom is 0.330 e. The third kappa shape index (κ3) is 9.49. The van der Waals surface area contributed by atoms with Gasteiger partial charge in [-0.3, -0.25) is 0 Å². The highest BCUT2D eigenvalue weighted by molar-refractivity contribution is 5.81. The highest BCUT2D eigenvalue weighted by Gasteiger charge is 2.30. The molecule has 0 aromatic carbocycles. The van der Waals surface area contributed by atoms with Gasteiger partial charge in [-0.05, 0) is 75.0 Å². The lowest BCUT2D eigenvalue weighted by Crippen LogP contribution is -2.26. The molecule has 2 aliphatic rings. The first-order valence-corrected chi connectivity index (χ1v) is 12.2. The lowest BCUT2D eigenvalue weighted by atomic mass is 9.68. The average Bonchev–Trinajstić information content (AvgIpc) is 2.79. The van der Waals surface area contributed by atoms with Crippen molar-refractivity contribution in [2.24, 2.45) is 23.7 Å². The Balaban J connectivity index is 1.49. The smallest absolute Gasteiger partial charge is 0.330 e. The molecule has 170 valence electrons. The molecule has 0 unspecified atom stereocenters. The Labute approximate surface area is 183 Å². The predicted octanol–water partition coefficient (Wildman–Crippen LogP) is 6.40. The van der Waals surface area contributed by atoms with Gasteiger partial charge in [0, 0.05) is 12.2 Å². The zero-order chi connectivity index (χ0) is 21.6. The first-order chi connectivity index (χ1) is 14.6. The molecule has 4 nitrogen and oxygen atoms in total. The van der Waals surface area contributed by atoms with Crippen LogP contribution in [0.25, 0.3) is 0 Å². The third-order valence-corrected chi connectivity index (χ3v) is 7.28. The summed E-state index contributed by atoms with van der Waals surface area (Å²) in [6.07, 6.45) is 20.5. The maximum absolute atomic E-state index is 11.0. The van der Waals surface area contributed by atoms with E-state index in [2.05, 4.69) is 13.2 Å². The van der Waals surface area contributed by atoms with Gasteiger partial charge in [-0.2, -0.15) is 0 Å². The molecule has 4 heteroatoms. The van der Waals surface area contributed by atoms with E-state index in [1.807, 2.05) is 0 Å². The number of hydrogen-bond donors (Lipinski definition) is 0. The van der Waals surface area contributed by atoms with Gasteiger partial charge in [0.1, 0.15) is 0 Å². The van der Waals surface area contributed by atoms with E-state index in [4.69, 9.17) is 9.47 Å². The summed E-state index contributed by atoms with van der Waals surface area (Å²) in [4.78, 5) is 22.1. The van der Waals surface area contributed by atoms with Crippen LogP contribution in [0.5, 0.6) is 0 Å². The Kier molecular flexibility index (Phi) is 11.9. The second-order valence-electron chi connectivity index (χ2n) is 9.30. The highest BCUT2D eigenvalue weighted by Crippen LogP contribution is 2.43. The standard InChI is InChI=1S/C26H42O4/c1-3-25(27)29-19-7-5-9-21-11-15-23(16-12-21)24-17-13-22(14-18-24)10-6-8-20-30-26(28)4-2/h3-4,21-24H,1-2,5-20H2. The number of rotatable bonds is 13. The normalized spacial score (nSPS) is 26.5. The van der Waals surface area contributed by atoms with E-state index in [0.29, 0.717) is 13.2 Å². The van der Waals surface area contributed by atoms with Crippen molar-refractivity contribution < 1.29 is 19.1 Å². The zero-order valence-corrected chi connectivity index (χ0v) is 18.8. The first-order valence-electron chi connectivity index (χ1n) is 12.2. The quantitative estimate of drug-likeness (QED) is 0.197. The maximum atomic E-state index is 11.0. The molecule has 2 rings (SSSR count). The van der Waals surface area contributed by atoms with Gasteiger partial charge in [-0.25, -0.2) is 9.59 Å². The van der Waals surface area contributed by atoms with E-state index in [1.165, 1.54) is 76.4 Å². The van der Waals surface area contributed by atoms with Gasteiger partial charge in [0.15, 0.2) is 0 Å². The van der Waals surface area contributed by atoms with E-state index in [-0.39, 0.29) is 11.9 Å². The van der Waals surface area contributed by atoms with Crippen LogP contribution in [0, 0.1) is 23.7 Å². The van der Waals surface area contributed by atoms with E-state index in [1.54, 1.807) is 0 Å². The first kappa shape index (κ1) is 24.7. The highest BCUT2D eigenvalue weighted by atomic mass is 16.5. The number of unbranched alkanes of at least 4 members (excludes halogenated alkanes) is 2. The SMILES string of the molecule is C=CC(=O)OCCCCC1CCC(C2CCC(CCCCOC(=O)C=C)CC2)CC1. The van der Waals surface area contributed by atoms with Crippen LogP contribution in [-0.2, 0) is 19.1 Å². The van der Waals surface area contributed by atoms with Crippen molar-refractivity contribution >= 4 is 11.9 Å². The molecule has 2 saturated carbocycles. The Morgan fingerprint density at radius 1 is 0.633 bits per heavy atom. The van der Waals surface area contributed by atoms with E-state index >= 15 is 0 Å². The monoisotopic (exact) mass is 418 g/mol. The molecule has 0 aromatic rings. The van der Waals surface area contributed by atoms with Gasteiger partial charge < -0.3 is 9.47 Å². The van der Waals surface area contributed by atoms with E-state index < -0.39 is 0 Å². The molecule has 0 spiro atoms. The van der Waals surface area contributed by atoms with Gasteiger partial charge in [-0.15, -0.1) is 0 Å². The predicted molar refractivity (Wildman–Crippen MR) is 121 cm³/mol. The molecule has 30 heavy (non-hydrogen) atoms. The number of esters is 2. The van der Waals surface area contributed by atoms with Crippen molar-refractivity contribution in [2.75, 3.05) is 13.2 Å². The van der Waals surface area contributed by atoms with Gasteiger partial charge >= 0.3 is 11.9 Å². The summed E-state index contributed by atoms with van der Waals surface area (Å²) in [5.41, 5.74) is 0. The summed E-state index contributed by atoms with van der Waals surface area (Å²) in [5.74, 6) is 3.05. The molecule has 2 fully saturated rings. The minimum absolute atomic E-state index is 0.306. The molecular formula is C26H42O4. The number of hydrogen-bond acceptors (Lipinski definition) is 4. The molecular weight excluding hydrogens is 376 g/mol. The van der Waals surface area contributed by atoms with Crippen molar-refractivity contribution in [1.29, 1.82) is 0 Å². The minimum atomic E-state index is -0.306. The topological polar surface area (TPSA) is 52.6 Å². The molecule has 0 aliphatic heterocycles. The van der Waals surface area contributed by atoms with Crippen LogP contribution in [0.3, 0.4) is 0 Å². The van der Waals surface area contributed by atoms with Gasteiger partial charge in [0.2, 0.25) is 0 Å². The van der Waals surface area contributed by atoms with Crippen molar-refractivity contribution in [3.8, 4) is 0 Å². The summed E-state index contributed by atoms with van der Waals surface area (Å²) in [7, 11) is 0. The number of carbonyl (C=O) groups is 2. The Bertz CT molecular complexity index is 477. The van der Waals surface area contributed by atoms with Crippen molar-refractivity contribution in [3.05, 3.63) is 25.3 Å². The van der Waals surface area contributed by atoms with Crippen molar-refractivity contribution in [3.63, 3.8) is 0 Å². The molecule has 0 saturated heterocycles. The van der Waals surface area contributed by atoms with E-state index in [0.717, 1.165) is 49.4 Å². The van der Waals surface area contributed by atoms with Gasteiger partial charge in [0.05, 0.1) is 13.2 Å². The molecule has 0 N–H and O–H groups in total. The second-order valence-corrected chi connectivity index (χ2v) is 9.30. The van der Waals surface area contributed by atoms with E-state index in [9.17, 15) is 9.59 Å². The van der Waals surface area contributed by atoms with Crippen LogP contribution in [0.2, 0.25) is 0 Å². The van der Waals surface area contributed by atoms with Crippen LogP contribution in [0.4, 0.5) is 0 Å². The summed E-state index contributed by atoms with van der Waals surface area (Å²) in [5, 5.41) is 0. The lowest BCUT2D eigenvalue weighted by molar-refractivity contribution is -0.138. The zero-order valence-electron chi connectivity index (χ0n) is 18.8. The van der Waals surface area contributed by atoms with Crippen molar-refractivity contribution in [1.82, 2.24) is 0 Å². The van der Waals surface area contributed by atoms with Crippen LogP contribution in [0.1, 0.15) is 89.9 Å². The largest absolute Gasteiger partial charge is 0.463 e. The van der Waals surface area contributed by atoms with Gasteiger partial charge in [0.25, 0.3) is 0 Å². The fourth-order valence-electron chi connectivity index (χ4n) is 5.43. The summed E-state index contributed by atoms with van der Waals surface area (Å²) in [6, 6.07) is 0. The number of ether oxygens (including phenoxy) is 2. The van der Waals surface area contributed by atoms with Crippen LogP contribution in [0.15, 0.2) is 25.3 Å². The Morgan fingerprint density at radius 3 is 1.33 bits per heavy atom. The summed E-state index contributed by atoms with van der Waals surface area (Å²) < 4.78 is 10.1. The number of carbonyl (C=O) groups excluding carboxylic acids is 2. The molecule has 0 bridgehead atoms. The molecule has 0 aromatic heterocycles. The van der Waals surface area contributed by atoms with Crippen LogP contribution in [-0.4, -0.2) is 25.2 Å². The fourth-order valence-corrected chi connectivity index (χ4v) is 5.43. The molecule has 2 aliphatic carbocycles.